The van der Waals surface area contributed by atoms with Crippen LogP contribution < -0.4 is 5.32 Å². The summed E-state index contributed by atoms with van der Waals surface area (Å²) in [4.78, 5) is 12.3. The summed E-state index contributed by atoms with van der Waals surface area (Å²) in [6.07, 6.45) is 0.862. The van der Waals surface area contributed by atoms with Gasteiger partial charge in [-0.3, -0.25) is 4.79 Å². The number of aryl methyl sites for hydroxylation is 1. The summed E-state index contributed by atoms with van der Waals surface area (Å²) < 4.78 is 3.73. The number of carbonyl (C=O) groups excluding carboxylic acids is 1. The fourth-order valence-corrected chi connectivity index (χ4v) is 2.55. The summed E-state index contributed by atoms with van der Waals surface area (Å²) in [5.74, 6) is -0.0808. The van der Waals surface area contributed by atoms with Gasteiger partial charge in [0.05, 0.1) is 5.69 Å². The van der Waals surface area contributed by atoms with Crippen LogP contribution in [0.5, 0.6) is 0 Å². The van der Waals surface area contributed by atoms with Crippen molar-refractivity contribution in [3.8, 4) is 0 Å². The standard InChI is InChI=1S/C10H11N3OS2/c1-7-9(16-13-12-7)10(14)11-4-2-8-3-5-15-6-8/h3,5-6H,2,4H2,1H3,(H,11,14). The SMILES string of the molecule is Cc1nnsc1C(=O)NCCc1ccsc1. The number of nitrogens with one attached hydrogen (secondary N) is 1. The second-order valence-electron chi connectivity index (χ2n) is 3.32. The molecule has 0 saturated heterocycles. The van der Waals surface area contributed by atoms with Crippen molar-refractivity contribution in [1.29, 1.82) is 0 Å². The number of hydrogen-bond acceptors (Lipinski definition) is 5. The Balaban J connectivity index is 1.83. The van der Waals surface area contributed by atoms with Gasteiger partial charge < -0.3 is 5.32 Å². The molecule has 0 aromatic carbocycles. The molecule has 0 fully saturated rings. The summed E-state index contributed by atoms with van der Waals surface area (Å²) in [5, 5.41) is 10.8. The van der Waals surface area contributed by atoms with Crippen LogP contribution in [0, 0.1) is 6.92 Å². The van der Waals surface area contributed by atoms with Crippen LogP contribution >= 0.6 is 22.9 Å². The summed E-state index contributed by atoms with van der Waals surface area (Å²) >= 11 is 2.80. The molecule has 0 atom stereocenters. The zero-order valence-electron chi connectivity index (χ0n) is 8.77. The predicted molar refractivity (Wildman–Crippen MR) is 65.0 cm³/mol. The molecule has 4 nitrogen and oxygen atoms in total. The third kappa shape index (κ3) is 2.65. The molecule has 1 N–H and O–H groups in total. The first-order valence-corrected chi connectivity index (χ1v) is 6.57. The van der Waals surface area contributed by atoms with E-state index in [0.29, 0.717) is 17.1 Å². The maximum absolute atomic E-state index is 11.7. The number of hydrogen-bond donors (Lipinski definition) is 1. The van der Waals surface area contributed by atoms with Crippen molar-refractivity contribution in [3.05, 3.63) is 33.0 Å². The van der Waals surface area contributed by atoms with Crippen LogP contribution in [-0.2, 0) is 6.42 Å². The minimum Gasteiger partial charge on any atom is -0.351 e. The van der Waals surface area contributed by atoms with E-state index in [0.717, 1.165) is 18.0 Å². The Kier molecular flexibility index (Phi) is 3.63. The summed E-state index contributed by atoms with van der Waals surface area (Å²) in [6.45, 7) is 2.43. The molecular weight excluding hydrogens is 242 g/mol. The molecule has 1 amide bonds. The quantitative estimate of drug-likeness (QED) is 0.905. The number of carbonyl (C=O) groups is 1. The minimum atomic E-state index is -0.0808. The molecule has 0 radical (unpaired) electrons. The van der Waals surface area contributed by atoms with Crippen LogP contribution in [-0.4, -0.2) is 22.0 Å². The second kappa shape index (κ2) is 5.18. The molecule has 2 aromatic rings. The summed E-state index contributed by atoms with van der Waals surface area (Å²) in [7, 11) is 0. The molecule has 0 spiro atoms. The summed E-state index contributed by atoms with van der Waals surface area (Å²) in [6, 6.07) is 2.07. The maximum atomic E-state index is 11.7. The third-order valence-electron chi connectivity index (χ3n) is 2.14. The van der Waals surface area contributed by atoms with Gasteiger partial charge in [-0.15, -0.1) is 5.10 Å². The topological polar surface area (TPSA) is 54.9 Å². The Morgan fingerprint density at radius 3 is 3.06 bits per heavy atom. The summed E-state index contributed by atoms with van der Waals surface area (Å²) in [5.41, 5.74) is 1.95. The monoisotopic (exact) mass is 253 g/mol. The molecule has 0 aliphatic carbocycles. The lowest BCUT2D eigenvalue weighted by Crippen LogP contribution is -2.25. The smallest absolute Gasteiger partial charge is 0.264 e. The molecule has 2 heterocycles. The van der Waals surface area contributed by atoms with E-state index in [9.17, 15) is 4.79 Å². The minimum absolute atomic E-state index is 0.0808. The van der Waals surface area contributed by atoms with Gasteiger partial charge in [0.1, 0.15) is 4.88 Å². The van der Waals surface area contributed by atoms with Gasteiger partial charge in [-0.1, -0.05) is 4.49 Å². The van der Waals surface area contributed by atoms with Gasteiger partial charge in [0.15, 0.2) is 0 Å². The molecular formula is C10H11N3OS2. The van der Waals surface area contributed by atoms with Gasteiger partial charge in [0.2, 0.25) is 0 Å². The van der Waals surface area contributed by atoms with Crippen LogP contribution in [0.25, 0.3) is 0 Å². The molecule has 0 unspecified atom stereocenters. The molecule has 84 valence electrons. The largest absolute Gasteiger partial charge is 0.351 e. The average Bonchev–Trinajstić information content (AvgIpc) is 2.88. The highest BCUT2D eigenvalue weighted by molar-refractivity contribution is 7.08. The zero-order chi connectivity index (χ0) is 11.4. The van der Waals surface area contributed by atoms with Gasteiger partial charge >= 0.3 is 0 Å². The Labute approximate surface area is 101 Å². The van der Waals surface area contributed by atoms with E-state index in [1.807, 2.05) is 5.38 Å². The van der Waals surface area contributed by atoms with E-state index in [4.69, 9.17) is 0 Å². The number of nitrogens with zero attached hydrogens (tertiary/aromatic N) is 2. The lowest BCUT2D eigenvalue weighted by atomic mass is 10.2. The predicted octanol–water partition coefficient (Wildman–Crippen LogP) is 1.88. The van der Waals surface area contributed by atoms with Crippen LogP contribution in [0.2, 0.25) is 0 Å². The van der Waals surface area contributed by atoms with Gasteiger partial charge in [-0.2, -0.15) is 11.3 Å². The molecule has 2 rings (SSSR count). The molecule has 0 saturated carbocycles. The highest BCUT2D eigenvalue weighted by Gasteiger charge is 2.11. The Morgan fingerprint density at radius 1 is 1.56 bits per heavy atom. The Bertz CT molecular complexity index is 464. The van der Waals surface area contributed by atoms with Gasteiger partial charge in [-0.25, -0.2) is 0 Å². The number of thiophene rings is 1. The van der Waals surface area contributed by atoms with Crippen LogP contribution in [0.3, 0.4) is 0 Å². The van der Waals surface area contributed by atoms with Crippen LogP contribution in [0.1, 0.15) is 20.9 Å². The highest BCUT2D eigenvalue weighted by atomic mass is 32.1. The van der Waals surface area contributed by atoms with Crippen molar-refractivity contribution in [2.24, 2.45) is 0 Å². The molecule has 0 aliphatic rings. The first-order chi connectivity index (χ1) is 7.77. The highest BCUT2D eigenvalue weighted by Crippen LogP contribution is 2.09. The molecule has 0 bridgehead atoms. The Morgan fingerprint density at radius 2 is 2.44 bits per heavy atom. The number of amides is 1. The van der Waals surface area contributed by atoms with Crippen molar-refractivity contribution in [3.63, 3.8) is 0 Å². The number of aromatic nitrogens is 2. The first-order valence-electron chi connectivity index (χ1n) is 4.85. The van der Waals surface area contributed by atoms with Gasteiger partial charge in [-0.05, 0) is 47.3 Å². The van der Waals surface area contributed by atoms with E-state index in [1.165, 1.54) is 5.56 Å². The van der Waals surface area contributed by atoms with Crippen molar-refractivity contribution in [2.45, 2.75) is 13.3 Å². The molecule has 2 aromatic heterocycles. The van der Waals surface area contributed by atoms with Crippen LogP contribution in [0.4, 0.5) is 0 Å². The van der Waals surface area contributed by atoms with Crippen LogP contribution in [0.15, 0.2) is 16.8 Å². The lowest BCUT2D eigenvalue weighted by Gasteiger charge is -2.01. The second-order valence-corrected chi connectivity index (χ2v) is 4.86. The normalized spacial score (nSPS) is 10.3. The third-order valence-corrected chi connectivity index (χ3v) is 3.70. The van der Waals surface area contributed by atoms with Gasteiger partial charge in [0.25, 0.3) is 5.91 Å². The van der Waals surface area contributed by atoms with Crippen molar-refractivity contribution < 1.29 is 4.79 Å². The van der Waals surface area contributed by atoms with Gasteiger partial charge in [0, 0.05) is 6.54 Å². The van der Waals surface area contributed by atoms with E-state index in [-0.39, 0.29) is 5.91 Å². The fraction of sp³-hybridized carbons (Fsp3) is 0.300. The van der Waals surface area contributed by atoms with E-state index >= 15 is 0 Å². The van der Waals surface area contributed by atoms with E-state index < -0.39 is 0 Å². The average molecular weight is 253 g/mol. The molecule has 16 heavy (non-hydrogen) atoms. The fourth-order valence-electron chi connectivity index (χ4n) is 1.28. The van der Waals surface area contributed by atoms with Crippen molar-refractivity contribution >= 4 is 28.8 Å². The first kappa shape index (κ1) is 11.2. The van der Waals surface area contributed by atoms with E-state index in [1.54, 1.807) is 18.3 Å². The Hall–Kier alpha value is -1.27. The number of rotatable bonds is 4. The van der Waals surface area contributed by atoms with E-state index in [2.05, 4.69) is 26.4 Å². The molecule has 0 aliphatic heterocycles. The zero-order valence-corrected chi connectivity index (χ0v) is 10.4. The van der Waals surface area contributed by atoms with Crippen molar-refractivity contribution in [1.82, 2.24) is 14.9 Å². The maximum Gasteiger partial charge on any atom is 0.264 e. The molecule has 6 heteroatoms. The lowest BCUT2D eigenvalue weighted by molar-refractivity contribution is 0.0957. The van der Waals surface area contributed by atoms with Crippen molar-refractivity contribution in [2.75, 3.05) is 6.54 Å².